The Morgan fingerprint density at radius 1 is 1.35 bits per heavy atom. The molecule has 1 aromatic carbocycles. The van der Waals surface area contributed by atoms with Crippen molar-refractivity contribution >= 4 is 5.69 Å². The van der Waals surface area contributed by atoms with E-state index in [1.807, 2.05) is 12.1 Å². The molecule has 0 bridgehead atoms. The zero-order chi connectivity index (χ0) is 12.3. The Balaban J connectivity index is 2.16. The molecule has 0 spiro atoms. The number of nitrogens with one attached hydrogen (secondary N) is 1. The summed E-state index contributed by atoms with van der Waals surface area (Å²) in [6.07, 6.45) is 0. The molecular formula is C13H20N2O2. The van der Waals surface area contributed by atoms with E-state index >= 15 is 0 Å². The van der Waals surface area contributed by atoms with Gasteiger partial charge in [-0.25, -0.2) is 0 Å². The molecule has 1 N–H and O–H groups in total. The summed E-state index contributed by atoms with van der Waals surface area (Å²) in [5, 5.41) is 3.38. The predicted molar refractivity (Wildman–Crippen MR) is 68.6 cm³/mol. The minimum atomic E-state index is -0.276. The molecule has 0 amide bonds. The van der Waals surface area contributed by atoms with Crippen LogP contribution in [-0.4, -0.2) is 39.6 Å². The van der Waals surface area contributed by atoms with Crippen molar-refractivity contribution in [2.24, 2.45) is 0 Å². The quantitative estimate of drug-likeness (QED) is 0.861. The highest BCUT2D eigenvalue weighted by molar-refractivity contribution is 5.51. The van der Waals surface area contributed by atoms with Crippen LogP contribution in [0.1, 0.15) is 6.92 Å². The van der Waals surface area contributed by atoms with E-state index in [9.17, 15) is 0 Å². The summed E-state index contributed by atoms with van der Waals surface area (Å²) in [4.78, 5) is 2.31. The van der Waals surface area contributed by atoms with Crippen LogP contribution in [0.25, 0.3) is 0 Å². The van der Waals surface area contributed by atoms with Crippen LogP contribution in [0.15, 0.2) is 24.3 Å². The van der Waals surface area contributed by atoms with E-state index in [-0.39, 0.29) is 5.72 Å². The van der Waals surface area contributed by atoms with Gasteiger partial charge in [-0.2, -0.15) is 0 Å². The summed E-state index contributed by atoms with van der Waals surface area (Å²) in [5.41, 5.74) is 0.899. The molecule has 1 atom stereocenters. The summed E-state index contributed by atoms with van der Waals surface area (Å²) >= 11 is 0. The monoisotopic (exact) mass is 236 g/mol. The maximum Gasteiger partial charge on any atom is 0.133 e. The van der Waals surface area contributed by atoms with Gasteiger partial charge in [0.25, 0.3) is 0 Å². The Hall–Kier alpha value is -1.26. The number of nitrogens with zero attached hydrogens (tertiary/aromatic N) is 1. The first-order valence-electron chi connectivity index (χ1n) is 5.86. The van der Waals surface area contributed by atoms with Crippen LogP contribution < -0.4 is 15.0 Å². The van der Waals surface area contributed by atoms with Crippen LogP contribution in [0, 0.1) is 0 Å². The highest BCUT2D eigenvalue weighted by Crippen LogP contribution is 2.24. The first kappa shape index (κ1) is 12.2. The van der Waals surface area contributed by atoms with Crippen LogP contribution in [0.5, 0.6) is 5.75 Å². The van der Waals surface area contributed by atoms with Gasteiger partial charge in [-0.3, -0.25) is 5.32 Å². The lowest BCUT2D eigenvalue weighted by molar-refractivity contribution is -0.0247. The Morgan fingerprint density at radius 3 is 2.88 bits per heavy atom. The van der Waals surface area contributed by atoms with Crippen molar-refractivity contribution < 1.29 is 9.47 Å². The average molecular weight is 236 g/mol. The van der Waals surface area contributed by atoms with Gasteiger partial charge in [0.05, 0.1) is 13.7 Å². The number of hydrogen-bond donors (Lipinski definition) is 1. The molecule has 4 nitrogen and oxygen atoms in total. The van der Waals surface area contributed by atoms with Crippen molar-refractivity contribution in [1.29, 1.82) is 0 Å². The van der Waals surface area contributed by atoms with Crippen LogP contribution in [0.4, 0.5) is 5.69 Å². The molecule has 94 valence electrons. The average Bonchev–Trinajstić information content (AvgIpc) is 2.39. The zero-order valence-electron chi connectivity index (χ0n) is 10.7. The summed E-state index contributed by atoms with van der Waals surface area (Å²) in [5.74, 6) is 0.889. The molecule has 0 radical (unpaired) electrons. The highest BCUT2D eigenvalue weighted by atomic mass is 16.5. The predicted octanol–water partition coefficient (Wildman–Crippen LogP) is 1.47. The van der Waals surface area contributed by atoms with Crippen molar-refractivity contribution in [2.75, 3.05) is 38.8 Å². The van der Waals surface area contributed by atoms with E-state index in [0.717, 1.165) is 25.4 Å². The lowest BCUT2D eigenvalue weighted by Crippen LogP contribution is -2.59. The molecule has 0 aromatic heterocycles. The van der Waals surface area contributed by atoms with Crippen molar-refractivity contribution in [3.05, 3.63) is 24.3 Å². The molecule has 1 aromatic rings. The zero-order valence-corrected chi connectivity index (χ0v) is 10.7. The number of anilines is 1. The maximum absolute atomic E-state index is 5.50. The van der Waals surface area contributed by atoms with Gasteiger partial charge in [0, 0.05) is 32.0 Å². The first-order chi connectivity index (χ1) is 8.17. The summed E-state index contributed by atoms with van der Waals surface area (Å²) in [7, 11) is 3.43. The van der Waals surface area contributed by atoms with Crippen molar-refractivity contribution in [2.45, 2.75) is 12.6 Å². The molecule has 1 fully saturated rings. The molecule has 1 saturated heterocycles. The van der Waals surface area contributed by atoms with E-state index in [4.69, 9.17) is 9.47 Å². The van der Waals surface area contributed by atoms with E-state index in [0.29, 0.717) is 0 Å². The second-order valence-electron chi connectivity index (χ2n) is 4.48. The number of methoxy groups -OCH3 is 2. The highest BCUT2D eigenvalue weighted by Gasteiger charge is 2.30. The van der Waals surface area contributed by atoms with Gasteiger partial charge in [-0.05, 0) is 19.1 Å². The van der Waals surface area contributed by atoms with Gasteiger partial charge in [0.15, 0.2) is 0 Å². The Morgan fingerprint density at radius 2 is 2.18 bits per heavy atom. The standard InChI is InChI=1S/C13H20N2O2/c1-13(17-3)10-15(8-7-14-13)11-5-4-6-12(9-11)16-2/h4-6,9,14H,7-8,10H2,1-3H3. The molecule has 1 aliphatic rings. The van der Waals surface area contributed by atoms with E-state index in [1.54, 1.807) is 14.2 Å². The van der Waals surface area contributed by atoms with Crippen molar-refractivity contribution in [3.8, 4) is 5.75 Å². The molecule has 4 heteroatoms. The molecule has 1 aliphatic heterocycles. The molecule has 2 rings (SSSR count). The number of benzene rings is 1. The van der Waals surface area contributed by atoms with Gasteiger partial charge >= 0.3 is 0 Å². The van der Waals surface area contributed by atoms with E-state index < -0.39 is 0 Å². The largest absolute Gasteiger partial charge is 0.497 e. The number of hydrogen-bond acceptors (Lipinski definition) is 4. The fraction of sp³-hybridized carbons (Fsp3) is 0.538. The number of ether oxygens (including phenoxy) is 2. The van der Waals surface area contributed by atoms with E-state index in [2.05, 4.69) is 29.3 Å². The van der Waals surface area contributed by atoms with Crippen molar-refractivity contribution in [3.63, 3.8) is 0 Å². The minimum Gasteiger partial charge on any atom is -0.497 e. The molecule has 17 heavy (non-hydrogen) atoms. The van der Waals surface area contributed by atoms with Crippen molar-refractivity contribution in [1.82, 2.24) is 5.32 Å². The Kier molecular flexibility index (Phi) is 3.54. The molecule has 0 saturated carbocycles. The smallest absolute Gasteiger partial charge is 0.133 e. The first-order valence-corrected chi connectivity index (χ1v) is 5.86. The maximum atomic E-state index is 5.50. The van der Waals surface area contributed by atoms with Crippen LogP contribution >= 0.6 is 0 Å². The summed E-state index contributed by atoms with van der Waals surface area (Å²) < 4.78 is 10.8. The fourth-order valence-corrected chi connectivity index (χ4v) is 2.12. The van der Waals surface area contributed by atoms with Crippen LogP contribution in [-0.2, 0) is 4.74 Å². The van der Waals surface area contributed by atoms with Gasteiger partial charge in [0.2, 0.25) is 0 Å². The number of rotatable bonds is 3. The lowest BCUT2D eigenvalue weighted by atomic mass is 10.1. The third-order valence-corrected chi connectivity index (χ3v) is 3.24. The molecule has 1 heterocycles. The molecule has 0 aliphatic carbocycles. The SMILES string of the molecule is COc1cccc(N2CCNC(C)(OC)C2)c1. The second-order valence-corrected chi connectivity index (χ2v) is 4.48. The Labute approximate surface area is 103 Å². The van der Waals surface area contributed by atoms with Crippen LogP contribution in [0.2, 0.25) is 0 Å². The van der Waals surface area contributed by atoms with E-state index in [1.165, 1.54) is 5.69 Å². The summed E-state index contributed by atoms with van der Waals surface area (Å²) in [6.45, 7) is 4.80. The van der Waals surface area contributed by atoms with Gasteiger partial charge < -0.3 is 14.4 Å². The number of piperazine rings is 1. The van der Waals surface area contributed by atoms with Gasteiger partial charge in [-0.15, -0.1) is 0 Å². The fourth-order valence-electron chi connectivity index (χ4n) is 2.12. The molecule has 1 unspecified atom stereocenters. The summed E-state index contributed by atoms with van der Waals surface area (Å²) in [6, 6.07) is 8.13. The minimum absolute atomic E-state index is 0.276. The van der Waals surface area contributed by atoms with Gasteiger partial charge in [0.1, 0.15) is 11.5 Å². The second kappa shape index (κ2) is 4.94. The van der Waals surface area contributed by atoms with Gasteiger partial charge in [-0.1, -0.05) is 6.07 Å². The van der Waals surface area contributed by atoms with Crippen LogP contribution in [0.3, 0.4) is 0 Å². The third kappa shape index (κ3) is 2.70. The third-order valence-electron chi connectivity index (χ3n) is 3.24. The Bertz CT molecular complexity index is 383. The lowest BCUT2D eigenvalue weighted by Gasteiger charge is -2.41. The molecular weight excluding hydrogens is 216 g/mol. The topological polar surface area (TPSA) is 33.7 Å². The normalized spacial score (nSPS) is 24.8.